The van der Waals surface area contributed by atoms with E-state index in [4.69, 9.17) is 9.47 Å². The van der Waals surface area contributed by atoms with Gasteiger partial charge in [0, 0.05) is 0 Å². The van der Waals surface area contributed by atoms with Crippen LogP contribution in [-0.4, -0.2) is 35.9 Å². The molecule has 0 aliphatic carbocycles. The molecule has 190 valence electrons. The molecule has 5 heteroatoms. The number of benzene rings is 3. The predicted molar refractivity (Wildman–Crippen MR) is 162 cm³/mol. The fourth-order valence-electron chi connectivity index (χ4n) is 4.35. The predicted octanol–water partition coefficient (Wildman–Crippen LogP) is 7.59. The molecule has 3 aromatic carbocycles. The average molecular weight is 622 g/mol. The normalized spacial score (nSPS) is 13.8. The van der Waals surface area contributed by atoms with Crippen molar-refractivity contribution < 1.29 is 9.47 Å². The van der Waals surface area contributed by atoms with Gasteiger partial charge >= 0.3 is 230 Å². The molecule has 0 atom stereocenters. The Morgan fingerprint density at radius 1 is 0.629 bits per heavy atom. The van der Waals surface area contributed by atoms with E-state index in [2.05, 4.69) is 150 Å². The summed E-state index contributed by atoms with van der Waals surface area (Å²) in [5, 5.41) is 1.03. The van der Waals surface area contributed by atoms with Crippen LogP contribution in [-0.2, 0) is 9.47 Å². The molecule has 0 saturated carbocycles. The summed E-state index contributed by atoms with van der Waals surface area (Å²) in [6.07, 6.45) is 2.71. The topological polar surface area (TPSA) is 18.5 Å². The molecule has 0 amide bonds. The van der Waals surface area contributed by atoms with Crippen LogP contribution in [0.15, 0.2) is 91.0 Å². The van der Waals surface area contributed by atoms with Crippen molar-refractivity contribution in [2.24, 2.45) is 0 Å². The molecule has 35 heavy (non-hydrogen) atoms. The van der Waals surface area contributed by atoms with Gasteiger partial charge in [-0.25, -0.2) is 0 Å². The summed E-state index contributed by atoms with van der Waals surface area (Å²) in [5.41, 5.74) is -0.212. The van der Waals surface area contributed by atoms with Gasteiger partial charge in [-0.3, -0.25) is 0 Å². The number of hydrogen-bond donors (Lipinski definition) is 0. The summed E-state index contributed by atoms with van der Waals surface area (Å²) in [4.78, 5) is 0. The molecule has 0 heterocycles. The third-order valence-electron chi connectivity index (χ3n) is 6.58. The van der Waals surface area contributed by atoms with Gasteiger partial charge in [-0.15, -0.1) is 0 Å². The number of ether oxygens (including phenoxy) is 2. The number of alkyl halides is 1. The van der Waals surface area contributed by atoms with Crippen LogP contribution >= 0.6 is 36.7 Å². The Labute approximate surface area is 228 Å². The van der Waals surface area contributed by atoms with Crippen molar-refractivity contribution in [1.29, 1.82) is 0 Å². The Morgan fingerprint density at radius 3 is 1.46 bits per heavy atom. The summed E-state index contributed by atoms with van der Waals surface area (Å²) in [6, 6.07) is 32.6. The second kappa shape index (κ2) is 12.0. The van der Waals surface area contributed by atoms with E-state index in [1.807, 2.05) is 0 Å². The molecular formula is C30H39Br2O2P. The van der Waals surface area contributed by atoms with Crippen molar-refractivity contribution in [1.82, 2.24) is 0 Å². The van der Waals surface area contributed by atoms with Gasteiger partial charge in [0.25, 0.3) is 0 Å². The Bertz CT molecular complexity index is 935. The first-order valence-corrected chi connectivity index (χ1v) is 17.6. The molecule has 0 bridgehead atoms. The zero-order valence-electron chi connectivity index (χ0n) is 21.4. The Balaban J connectivity index is 1.80. The van der Waals surface area contributed by atoms with E-state index >= 15 is 0 Å². The van der Waals surface area contributed by atoms with E-state index in [-0.39, 0.29) is 9.93 Å². The second-order valence-corrected chi connectivity index (χ2v) is 21.6. The van der Waals surface area contributed by atoms with Gasteiger partial charge in [-0.2, -0.15) is 0 Å². The molecule has 0 radical (unpaired) electrons. The number of rotatable bonds is 13. The third-order valence-corrected chi connectivity index (χ3v) is 16.9. The number of hydrogen-bond acceptors (Lipinski definition) is 2. The van der Waals surface area contributed by atoms with E-state index in [1.54, 1.807) is 0 Å². The van der Waals surface area contributed by atoms with Crippen LogP contribution in [0.3, 0.4) is 0 Å². The fourth-order valence-corrected chi connectivity index (χ4v) is 11.6. The van der Waals surface area contributed by atoms with Crippen molar-refractivity contribution in [3.8, 4) is 0 Å². The van der Waals surface area contributed by atoms with E-state index in [9.17, 15) is 0 Å². The maximum atomic E-state index is 6.32. The molecular weight excluding hydrogens is 583 g/mol. The van der Waals surface area contributed by atoms with Crippen molar-refractivity contribution in [2.45, 2.75) is 50.5 Å². The van der Waals surface area contributed by atoms with Crippen LogP contribution in [0, 0.1) is 0 Å². The van der Waals surface area contributed by atoms with Crippen LogP contribution < -0.4 is 15.9 Å². The molecule has 2 nitrogen and oxygen atoms in total. The molecule has 0 unspecified atom stereocenters. The SMILES string of the molecule is CC(C)(Br)CCOC(C)(C)CCOCCP(Br)(c1ccccc1)(c1ccccc1)c1ccccc1. The molecule has 3 aromatic rings. The Morgan fingerprint density at radius 2 is 1.06 bits per heavy atom. The molecule has 0 aliphatic rings. The quantitative estimate of drug-likeness (QED) is 0.111. The van der Waals surface area contributed by atoms with Gasteiger partial charge in [-0.1, -0.05) is 0 Å². The minimum absolute atomic E-state index is 0.101. The van der Waals surface area contributed by atoms with Crippen molar-refractivity contribution >= 4 is 52.6 Å². The van der Waals surface area contributed by atoms with E-state index < -0.39 is 5.31 Å². The van der Waals surface area contributed by atoms with Crippen molar-refractivity contribution in [2.75, 3.05) is 26.0 Å². The molecule has 0 fully saturated rings. The molecule has 0 aliphatic heterocycles. The summed E-state index contributed by atoms with van der Waals surface area (Å²) in [7, 11) is 0. The number of halogens is 2. The van der Waals surface area contributed by atoms with Gasteiger partial charge in [0.1, 0.15) is 0 Å². The summed E-state index contributed by atoms with van der Waals surface area (Å²) < 4.78 is 12.6. The molecule has 0 spiro atoms. The first-order valence-electron chi connectivity index (χ1n) is 12.4. The summed E-state index contributed by atoms with van der Waals surface area (Å²) >= 11 is 8.18. The third kappa shape index (κ3) is 7.27. The first-order chi connectivity index (χ1) is 16.5. The second-order valence-electron chi connectivity index (χ2n) is 10.4. The zero-order valence-corrected chi connectivity index (χ0v) is 25.5. The molecule has 0 N–H and O–H groups in total. The van der Waals surface area contributed by atoms with Crippen LogP contribution in [0.4, 0.5) is 0 Å². The van der Waals surface area contributed by atoms with Gasteiger partial charge in [-0.05, 0) is 0 Å². The van der Waals surface area contributed by atoms with Gasteiger partial charge in [0.2, 0.25) is 0 Å². The average Bonchev–Trinajstić information content (AvgIpc) is 2.84. The standard InChI is InChI=1S/C30H39Br2O2P/c1-29(2,31)20-23-34-30(3,4)21-22-33-24-25-35(32,26-14-8-5-9-15-26,27-16-10-6-11-17-27)28-18-12-7-13-19-28/h5-19H,20-25H2,1-4H3. The van der Waals surface area contributed by atoms with Crippen LogP contribution in [0.2, 0.25) is 0 Å². The zero-order chi connectivity index (χ0) is 25.4. The maximum absolute atomic E-state index is 6.32. The van der Waals surface area contributed by atoms with E-state index in [1.165, 1.54) is 15.9 Å². The van der Waals surface area contributed by atoms with E-state index in [0.717, 1.165) is 25.6 Å². The van der Waals surface area contributed by atoms with Gasteiger partial charge < -0.3 is 0 Å². The van der Waals surface area contributed by atoms with Gasteiger partial charge in [0.05, 0.1) is 0 Å². The van der Waals surface area contributed by atoms with Crippen LogP contribution in [0.25, 0.3) is 0 Å². The van der Waals surface area contributed by atoms with Gasteiger partial charge in [0.15, 0.2) is 0 Å². The minimum atomic E-state index is -2.93. The monoisotopic (exact) mass is 620 g/mol. The summed E-state index contributed by atoms with van der Waals surface area (Å²) in [6.45, 7) is 10.7. The van der Waals surface area contributed by atoms with Crippen molar-refractivity contribution in [3.05, 3.63) is 91.0 Å². The molecule has 3 rings (SSSR count). The Hall–Kier alpha value is -1.03. The van der Waals surface area contributed by atoms with Crippen LogP contribution in [0.1, 0.15) is 40.5 Å². The van der Waals surface area contributed by atoms with Crippen LogP contribution in [0.5, 0.6) is 0 Å². The first kappa shape index (κ1) is 28.5. The molecule has 0 aromatic heterocycles. The summed E-state index contributed by atoms with van der Waals surface area (Å²) in [5.74, 6) is 0. The Kier molecular flexibility index (Phi) is 9.79. The molecule has 0 saturated heterocycles. The van der Waals surface area contributed by atoms with Crippen molar-refractivity contribution in [3.63, 3.8) is 0 Å². The van der Waals surface area contributed by atoms with E-state index in [0.29, 0.717) is 13.2 Å². The fraction of sp³-hybridized carbons (Fsp3) is 0.400.